The van der Waals surface area contributed by atoms with Crippen LogP contribution in [0.2, 0.25) is 0 Å². The third kappa shape index (κ3) is 7.35. The molecule has 226 valence electrons. The number of hydrogen-bond acceptors (Lipinski definition) is 8. The second-order valence-electron chi connectivity index (χ2n) is 10.9. The van der Waals surface area contributed by atoms with Gasteiger partial charge in [0.25, 0.3) is 0 Å². The first-order valence-electron chi connectivity index (χ1n) is 15.0. The molecule has 1 fully saturated rings. The average molecular weight is 608 g/mol. The molecule has 0 atom stereocenters. The zero-order valence-corrected chi connectivity index (χ0v) is 25.7. The molecule has 3 aromatic carbocycles. The van der Waals surface area contributed by atoms with Gasteiger partial charge in [-0.05, 0) is 41.0 Å². The standard InChI is InChI=1S/C35H37N5O3S/c1-42-30-15-8-10-27(24-30)25-32-36-35(44-37-32)40(26-31-16-9-23-43-31)18-17-33(41)38-19-21-39(22-20-38)34(28-11-4-2-5-12-28)29-13-6-3-7-14-29/h2-16,23-24,34H,17-22,25-26H2,1H3. The van der Waals surface area contributed by atoms with E-state index in [4.69, 9.17) is 14.1 Å². The highest BCUT2D eigenvalue weighted by Gasteiger charge is 2.28. The summed E-state index contributed by atoms with van der Waals surface area (Å²) < 4.78 is 15.6. The summed E-state index contributed by atoms with van der Waals surface area (Å²) >= 11 is 1.36. The lowest BCUT2D eigenvalue weighted by molar-refractivity contribution is -0.133. The van der Waals surface area contributed by atoms with Crippen molar-refractivity contribution in [3.63, 3.8) is 0 Å². The molecule has 8 nitrogen and oxygen atoms in total. The van der Waals surface area contributed by atoms with Crippen LogP contribution in [0.25, 0.3) is 0 Å². The molecule has 0 spiro atoms. The SMILES string of the molecule is COc1cccc(Cc2nsc(N(CCC(=O)N3CCN(C(c4ccccc4)c4ccccc4)CC3)Cc3ccco3)n2)c1. The van der Waals surface area contributed by atoms with Crippen molar-refractivity contribution in [2.24, 2.45) is 0 Å². The number of hydrogen-bond donors (Lipinski definition) is 0. The summed E-state index contributed by atoms with van der Waals surface area (Å²) in [4.78, 5) is 24.9. The number of nitrogens with zero attached hydrogens (tertiary/aromatic N) is 5. The van der Waals surface area contributed by atoms with E-state index in [9.17, 15) is 4.79 Å². The maximum atomic E-state index is 13.5. The van der Waals surface area contributed by atoms with Crippen molar-refractivity contribution < 1.29 is 13.9 Å². The van der Waals surface area contributed by atoms with Gasteiger partial charge in [-0.25, -0.2) is 4.98 Å². The fourth-order valence-electron chi connectivity index (χ4n) is 5.75. The minimum atomic E-state index is 0.159. The van der Waals surface area contributed by atoms with Gasteiger partial charge >= 0.3 is 0 Å². The zero-order chi connectivity index (χ0) is 30.1. The van der Waals surface area contributed by atoms with E-state index in [0.717, 1.165) is 41.1 Å². The average Bonchev–Trinajstić information content (AvgIpc) is 3.77. The van der Waals surface area contributed by atoms with Gasteiger partial charge in [-0.1, -0.05) is 72.8 Å². The van der Waals surface area contributed by atoms with Crippen molar-refractivity contribution in [1.29, 1.82) is 0 Å². The van der Waals surface area contributed by atoms with Crippen molar-refractivity contribution in [3.8, 4) is 5.75 Å². The molecule has 1 aliphatic rings. The van der Waals surface area contributed by atoms with E-state index >= 15 is 0 Å². The quantitative estimate of drug-likeness (QED) is 0.171. The number of aromatic nitrogens is 2. The van der Waals surface area contributed by atoms with E-state index in [1.54, 1.807) is 13.4 Å². The summed E-state index contributed by atoms with van der Waals surface area (Å²) in [6, 6.07) is 33.2. The molecule has 0 unspecified atom stereocenters. The summed E-state index contributed by atoms with van der Waals surface area (Å²) in [6.45, 7) is 4.11. The van der Waals surface area contributed by atoms with E-state index in [2.05, 4.69) is 74.8 Å². The molecule has 1 amide bonds. The lowest BCUT2D eigenvalue weighted by Gasteiger charge is -2.40. The van der Waals surface area contributed by atoms with Crippen molar-refractivity contribution in [2.75, 3.05) is 44.7 Å². The van der Waals surface area contributed by atoms with Crippen molar-refractivity contribution >= 4 is 22.6 Å². The molecular weight excluding hydrogens is 570 g/mol. The smallest absolute Gasteiger partial charge is 0.224 e. The van der Waals surface area contributed by atoms with Crippen LogP contribution in [0, 0.1) is 0 Å². The van der Waals surface area contributed by atoms with Crippen LogP contribution in [0.4, 0.5) is 5.13 Å². The number of carbonyl (C=O) groups is 1. The summed E-state index contributed by atoms with van der Waals surface area (Å²) in [5.74, 6) is 2.54. The van der Waals surface area contributed by atoms with Gasteiger partial charge < -0.3 is 19.0 Å². The summed E-state index contributed by atoms with van der Waals surface area (Å²) in [5.41, 5.74) is 3.63. The van der Waals surface area contributed by atoms with Gasteiger partial charge in [0.1, 0.15) is 17.3 Å². The topological polar surface area (TPSA) is 74.9 Å². The van der Waals surface area contributed by atoms with Gasteiger partial charge in [0, 0.05) is 57.1 Å². The zero-order valence-electron chi connectivity index (χ0n) is 24.9. The largest absolute Gasteiger partial charge is 0.497 e. The molecule has 3 heterocycles. The molecule has 1 aliphatic heterocycles. The van der Waals surface area contributed by atoms with Crippen molar-refractivity contribution in [3.05, 3.63) is 132 Å². The maximum absolute atomic E-state index is 13.5. The van der Waals surface area contributed by atoms with Gasteiger partial charge in [-0.3, -0.25) is 9.69 Å². The minimum absolute atomic E-state index is 0.159. The predicted molar refractivity (Wildman–Crippen MR) is 173 cm³/mol. The number of ether oxygens (including phenoxy) is 1. The number of furan rings is 1. The first-order valence-corrected chi connectivity index (χ1v) is 15.8. The van der Waals surface area contributed by atoms with Gasteiger partial charge in [0.2, 0.25) is 11.0 Å². The Morgan fingerprint density at radius 2 is 1.66 bits per heavy atom. The Hall–Kier alpha value is -4.47. The van der Waals surface area contributed by atoms with E-state index in [0.29, 0.717) is 39.0 Å². The summed E-state index contributed by atoms with van der Waals surface area (Å²) in [5, 5.41) is 0.783. The Kier molecular flexibility index (Phi) is 9.64. The Bertz CT molecular complexity index is 1560. The van der Waals surface area contributed by atoms with Crippen LogP contribution in [0.1, 0.15) is 40.7 Å². The molecule has 0 N–H and O–H groups in total. The Labute approximate surface area is 262 Å². The van der Waals surface area contributed by atoms with Gasteiger partial charge in [0.15, 0.2) is 0 Å². The Morgan fingerprint density at radius 3 is 2.32 bits per heavy atom. The second kappa shape index (κ2) is 14.3. The molecule has 2 aromatic heterocycles. The maximum Gasteiger partial charge on any atom is 0.224 e. The number of carbonyl (C=O) groups excluding carboxylic acids is 1. The van der Waals surface area contributed by atoms with Crippen LogP contribution in [0.5, 0.6) is 5.75 Å². The van der Waals surface area contributed by atoms with Gasteiger partial charge in [-0.2, -0.15) is 4.37 Å². The van der Waals surface area contributed by atoms with E-state index in [-0.39, 0.29) is 11.9 Å². The van der Waals surface area contributed by atoms with Crippen LogP contribution in [0.15, 0.2) is 108 Å². The third-order valence-electron chi connectivity index (χ3n) is 8.01. The molecule has 1 saturated heterocycles. The number of piperazine rings is 1. The third-order valence-corrected chi connectivity index (χ3v) is 8.82. The van der Waals surface area contributed by atoms with Crippen LogP contribution >= 0.6 is 11.5 Å². The summed E-state index contributed by atoms with van der Waals surface area (Å²) in [7, 11) is 1.66. The number of amides is 1. The minimum Gasteiger partial charge on any atom is -0.497 e. The van der Waals surface area contributed by atoms with E-state index < -0.39 is 0 Å². The highest BCUT2D eigenvalue weighted by Crippen LogP contribution is 2.30. The van der Waals surface area contributed by atoms with Crippen LogP contribution in [-0.4, -0.2) is 64.9 Å². The Balaban J connectivity index is 1.09. The lowest BCUT2D eigenvalue weighted by atomic mass is 9.96. The normalized spacial score (nSPS) is 13.7. The monoisotopic (exact) mass is 607 g/mol. The first kappa shape index (κ1) is 29.6. The van der Waals surface area contributed by atoms with Crippen molar-refractivity contribution in [1.82, 2.24) is 19.2 Å². The summed E-state index contributed by atoms with van der Waals surface area (Å²) in [6.07, 6.45) is 2.68. The van der Waals surface area contributed by atoms with E-state index in [1.165, 1.54) is 22.7 Å². The molecule has 0 bridgehead atoms. The molecule has 44 heavy (non-hydrogen) atoms. The van der Waals surface area contributed by atoms with Gasteiger partial charge in [-0.15, -0.1) is 0 Å². The molecular formula is C35H37N5O3S. The predicted octanol–water partition coefficient (Wildman–Crippen LogP) is 6.06. The molecule has 0 aliphatic carbocycles. The fourth-order valence-corrected chi connectivity index (χ4v) is 6.46. The first-order chi connectivity index (χ1) is 21.7. The van der Waals surface area contributed by atoms with E-state index in [1.807, 2.05) is 41.3 Å². The Morgan fingerprint density at radius 1 is 0.932 bits per heavy atom. The highest BCUT2D eigenvalue weighted by atomic mass is 32.1. The lowest BCUT2D eigenvalue weighted by Crippen LogP contribution is -2.50. The van der Waals surface area contributed by atoms with Crippen LogP contribution in [-0.2, 0) is 17.8 Å². The van der Waals surface area contributed by atoms with Gasteiger partial charge in [0.05, 0.1) is 26.0 Å². The fraction of sp³-hybridized carbons (Fsp3) is 0.286. The van der Waals surface area contributed by atoms with Crippen molar-refractivity contribution in [2.45, 2.75) is 25.4 Å². The molecule has 0 radical (unpaired) electrons. The number of benzene rings is 3. The molecule has 0 saturated carbocycles. The molecule has 5 aromatic rings. The van der Waals surface area contributed by atoms with Crippen LogP contribution in [0.3, 0.4) is 0 Å². The number of anilines is 1. The second-order valence-corrected chi connectivity index (χ2v) is 11.6. The highest BCUT2D eigenvalue weighted by molar-refractivity contribution is 7.09. The molecule has 9 heteroatoms. The molecule has 6 rings (SSSR count). The van der Waals surface area contributed by atoms with Crippen LogP contribution < -0.4 is 9.64 Å². The number of rotatable bonds is 12. The number of methoxy groups -OCH3 is 1.